The number of amides is 1. The molecule has 1 amide bonds. The highest BCUT2D eigenvalue weighted by atomic mass is 31.2. The molecule has 330 valence electrons. The molecule has 0 rings (SSSR count). The van der Waals surface area contributed by atoms with E-state index in [1.165, 1.54) is 135 Å². The predicted molar refractivity (Wildman–Crippen MR) is 240 cm³/mol. The van der Waals surface area contributed by atoms with Crippen LogP contribution < -0.4 is 5.32 Å². The third kappa shape index (κ3) is 40.9. The molecule has 0 aromatic carbocycles. The molecular formula is C47H92N2O6P+. The summed E-state index contributed by atoms with van der Waals surface area (Å²) < 4.78 is 23.5. The van der Waals surface area contributed by atoms with Gasteiger partial charge < -0.3 is 19.8 Å². The predicted octanol–water partition coefficient (Wildman–Crippen LogP) is 13.1. The number of quaternary nitrogens is 1. The maximum absolute atomic E-state index is 12.8. The number of phosphoric acid groups is 1. The first-order valence-electron chi connectivity index (χ1n) is 23.4. The SMILES string of the molecule is CCCCCCCC/C=C\CCCCCC(=O)NC(COP(=O)(O)OCC[N+](C)(C)C)C(O)/C=C/CC/C=C/CCCCCCCCCCCCCCCCC. The van der Waals surface area contributed by atoms with Crippen LogP contribution in [0.1, 0.15) is 206 Å². The molecule has 0 saturated heterocycles. The molecule has 56 heavy (non-hydrogen) atoms. The number of unbranched alkanes of at least 4 members (excludes halogenated alkanes) is 25. The molecule has 3 atom stereocenters. The van der Waals surface area contributed by atoms with Gasteiger partial charge in [-0.3, -0.25) is 13.8 Å². The van der Waals surface area contributed by atoms with Crippen LogP contribution in [0, 0.1) is 0 Å². The van der Waals surface area contributed by atoms with Gasteiger partial charge in [-0.1, -0.05) is 179 Å². The number of rotatable bonds is 42. The van der Waals surface area contributed by atoms with E-state index in [-0.39, 0.29) is 19.1 Å². The van der Waals surface area contributed by atoms with E-state index in [4.69, 9.17) is 9.05 Å². The van der Waals surface area contributed by atoms with Crippen molar-refractivity contribution in [2.24, 2.45) is 0 Å². The summed E-state index contributed by atoms with van der Waals surface area (Å²) in [6.45, 7) is 4.77. The van der Waals surface area contributed by atoms with Crippen molar-refractivity contribution in [3.05, 3.63) is 36.5 Å². The third-order valence-electron chi connectivity index (χ3n) is 10.3. The van der Waals surface area contributed by atoms with Gasteiger partial charge in [0, 0.05) is 6.42 Å². The maximum atomic E-state index is 12.8. The highest BCUT2D eigenvalue weighted by Gasteiger charge is 2.27. The fraction of sp³-hybridized carbons (Fsp3) is 0.851. The van der Waals surface area contributed by atoms with Gasteiger partial charge >= 0.3 is 7.82 Å². The van der Waals surface area contributed by atoms with Crippen molar-refractivity contribution in [2.45, 2.75) is 219 Å². The van der Waals surface area contributed by atoms with E-state index >= 15 is 0 Å². The Hall–Kier alpha value is -1.28. The number of carbonyl (C=O) groups excluding carboxylic acids is 1. The van der Waals surface area contributed by atoms with Crippen molar-refractivity contribution in [1.82, 2.24) is 5.32 Å². The molecule has 0 aromatic rings. The fourth-order valence-electron chi connectivity index (χ4n) is 6.58. The lowest BCUT2D eigenvalue weighted by molar-refractivity contribution is -0.870. The normalized spacial score (nSPS) is 14.6. The zero-order valence-corrected chi connectivity index (χ0v) is 38.3. The quantitative estimate of drug-likeness (QED) is 0.0245. The van der Waals surface area contributed by atoms with Gasteiger partial charge in [0.25, 0.3) is 0 Å². The zero-order valence-electron chi connectivity index (χ0n) is 37.4. The topological polar surface area (TPSA) is 105 Å². The molecule has 0 radical (unpaired) electrons. The number of carbonyl (C=O) groups is 1. The van der Waals surface area contributed by atoms with E-state index < -0.39 is 20.0 Å². The van der Waals surface area contributed by atoms with Gasteiger partial charge in [0.15, 0.2) is 0 Å². The van der Waals surface area contributed by atoms with Gasteiger partial charge in [0.1, 0.15) is 13.2 Å². The van der Waals surface area contributed by atoms with Crippen LogP contribution in [0.2, 0.25) is 0 Å². The molecule has 0 aliphatic carbocycles. The summed E-state index contributed by atoms with van der Waals surface area (Å²) in [5.41, 5.74) is 0. The summed E-state index contributed by atoms with van der Waals surface area (Å²) in [7, 11) is 1.55. The Bertz CT molecular complexity index is 1010. The summed E-state index contributed by atoms with van der Waals surface area (Å²) in [5.74, 6) is -0.204. The molecule has 0 aromatic heterocycles. The number of allylic oxidation sites excluding steroid dienone is 5. The molecule has 0 saturated carbocycles. The summed E-state index contributed by atoms with van der Waals surface area (Å²) in [4.78, 5) is 23.1. The van der Waals surface area contributed by atoms with E-state index in [9.17, 15) is 19.4 Å². The number of aliphatic hydroxyl groups is 1. The van der Waals surface area contributed by atoms with Crippen LogP contribution in [-0.4, -0.2) is 73.4 Å². The molecule has 0 fully saturated rings. The van der Waals surface area contributed by atoms with Gasteiger partial charge in [-0.25, -0.2) is 4.57 Å². The lowest BCUT2D eigenvalue weighted by Gasteiger charge is -2.25. The summed E-state index contributed by atoms with van der Waals surface area (Å²) >= 11 is 0. The lowest BCUT2D eigenvalue weighted by atomic mass is 10.0. The van der Waals surface area contributed by atoms with Crippen molar-refractivity contribution >= 4 is 13.7 Å². The van der Waals surface area contributed by atoms with Crippen molar-refractivity contribution < 1.29 is 32.9 Å². The molecule has 0 spiro atoms. The van der Waals surface area contributed by atoms with Crippen LogP contribution in [-0.2, 0) is 18.4 Å². The average Bonchev–Trinajstić information content (AvgIpc) is 3.15. The number of nitrogens with zero attached hydrogens (tertiary/aromatic N) is 1. The lowest BCUT2D eigenvalue weighted by Crippen LogP contribution is -2.45. The largest absolute Gasteiger partial charge is 0.472 e. The summed E-state index contributed by atoms with van der Waals surface area (Å²) in [5, 5.41) is 13.8. The minimum Gasteiger partial charge on any atom is -0.387 e. The number of aliphatic hydroxyl groups excluding tert-OH is 1. The van der Waals surface area contributed by atoms with Crippen molar-refractivity contribution in [3.8, 4) is 0 Å². The molecule has 3 N–H and O–H groups in total. The van der Waals surface area contributed by atoms with Crippen LogP contribution in [0.5, 0.6) is 0 Å². The van der Waals surface area contributed by atoms with E-state index in [1.807, 2.05) is 27.2 Å². The Labute approximate surface area is 347 Å². The number of likely N-dealkylation sites (N-methyl/N-ethyl adjacent to an activating group) is 1. The highest BCUT2D eigenvalue weighted by molar-refractivity contribution is 7.47. The average molecular weight is 812 g/mol. The number of phosphoric ester groups is 1. The van der Waals surface area contributed by atoms with Crippen LogP contribution in [0.25, 0.3) is 0 Å². The molecule has 0 bridgehead atoms. The Morgan fingerprint density at radius 2 is 0.982 bits per heavy atom. The number of hydrogen-bond acceptors (Lipinski definition) is 5. The van der Waals surface area contributed by atoms with Crippen LogP contribution in [0.4, 0.5) is 0 Å². The standard InChI is InChI=1S/C47H91N2O6P/c1-6-8-10-12-14-16-18-20-21-22-23-24-25-26-27-29-30-32-34-36-38-40-46(50)45(44-55-56(52,53)54-43-42-49(3,4)5)48-47(51)41-39-37-35-33-31-28-19-17-15-13-11-9-7-2/h28,30-32,38,40,45-46,50H,6-27,29,33-37,39,41-44H2,1-5H3,(H-,48,51,52,53)/p+1/b31-28-,32-30+,40-38+. The minimum absolute atomic E-state index is 0.0535. The van der Waals surface area contributed by atoms with Crippen molar-refractivity contribution in [3.63, 3.8) is 0 Å². The second kappa shape index (κ2) is 39.2. The first-order valence-corrected chi connectivity index (χ1v) is 24.9. The highest BCUT2D eigenvalue weighted by Crippen LogP contribution is 2.43. The first-order chi connectivity index (χ1) is 27.0. The Balaban J connectivity index is 4.42. The maximum Gasteiger partial charge on any atom is 0.472 e. The third-order valence-corrected chi connectivity index (χ3v) is 11.3. The first kappa shape index (κ1) is 54.7. The number of nitrogens with one attached hydrogen (secondary N) is 1. The van der Waals surface area contributed by atoms with E-state index in [2.05, 4.69) is 43.5 Å². The molecular weight excluding hydrogens is 719 g/mol. The van der Waals surface area contributed by atoms with Crippen LogP contribution in [0.3, 0.4) is 0 Å². The van der Waals surface area contributed by atoms with Gasteiger partial charge in [0.2, 0.25) is 5.91 Å². The summed E-state index contributed by atoms with van der Waals surface area (Å²) in [6.07, 6.45) is 48.0. The second-order valence-corrected chi connectivity index (χ2v) is 18.6. The van der Waals surface area contributed by atoms with Crippen LogP contribution >= 0.6 is 7.82 Å². The zero-order chi connectivity index (χ0) is 41.4. The number of hydrogen-bond donors (Lipinski definition) is 3. The molecule has 0 aliphatic heterocycles. The van der Waals surface area contributed by atoms with Crippen molar-refractivity contribution in [2.75, 3.05) is 40.9 Å². The Morgan fingerprint density at radius 3 is 1.43 bits per heavy atom. The fourth-order valence-corrected chi connectivity index (χ4v) is 7.32. The van der Waals surface area contributed by atoms with Crippen molar-refractivity contribution in [1.29, 1.82) is 0 Å². The molecule has 0 heterocycles. The van der Waals surface area contributed by atoms with E-state index in [0.29, 0.717) is 17.4 Å². The van der Waals surface area contributed by atoms with E-state index in [1.54, 1.807) is 6.08 Å². The van der Waals surface area contributed by atoms with Gasteiger partial charge in [-0.15, -0.1) is 0 Å². The molecule has 3 unspecified atom stereocenters. The Kier molecular flexibility index (Phi) is 38.3. The van der Waals surface area contributed by atoms with Gasteiger partial charge in [-0.05, 0) is 57.8 Å². The second-order valence-electron chi connectivity index (χ2n) is 17.1. The monoisotopic (exact) mass is 812 g/mol. The molecule has 9 heteroatoms. The van der Waals surface area contributed by atoms with E-state index in [0.717, 1.165) is 51.4 Å². The van der Waals surface area contributed by atoms with Gasteiger partial charge in [0.05, 0.1) is 39.9 Å². The van der Waals surface area contributed by atoms with Gasteiger partial charge in [-0.2, -0.15) is 0 Å². The smallest absolute Gasteiger partial charge is 0.387 e. The van der Waals surface area contributed by atoms with Crippen LogP contribution in [0.15, 0.2) is 36.5 Å². The minimum atomic E-state index is -4.35. The molecule has 8 nitrogen and oxygen atoms in total. The molecule has 0 aliphatic rings. The Morgan fingerprint density at radius 1 is 0.589 bits per heavy atom. The summed E-state index contributed by atoms with van der Waals surface area (Å²) in [6, 6.07) is -0.869.